The van der Waals surface area contributed by atoms with Gasteiger partial charge >= 0.3 is 8.25 Å². The van der Waals surface area contributed by atoms with Crippen LogP contribution < -0.4 is 9.04 Å². The SMILES string of the molecule is COc1ccc(S(=O)(=O)N(CCO)c2ccccc2CN(C)C/C=C/c2ccc(Cl)cc2)cc1.O=[P+](O)OO. The Morgan fingerprint density at radius 1 is 1.03 bits per heavy atom. The molecule has 13 heteroatoms. The molecule has 39 heavy (non-hydrogen) atoms. The monoisotopic (exact) mass is 597 g/mol. The normalized spacial score (nSPS) is 11.7. The Labute approximate surface area is 234 Å². The minimum Gasteiger partial charge on any atom is -0.497 e. The molecule has 0 heterocycles. The van der Waals surface area contributed by atoms with Gasteiger partial charge < -0.3 is 9.84 Å². The lowest BCUT2D eigenvalue weighted by atomic mass is 10.1. The number of ether oxygens (including phenoxy) is 1. The van der Waals surface area contributed by atoms with Crippen LogP contribution in [-0.4, -0.2) is 62.4 Å². The summed E-state index contributed by atoms with van der Waals surface area (Å²) in [5.74, 6) is 0.571. The predicted molar refractivity (Wildman–Crippen MR) is 151 cm³/mol. The zero-order chi connectivity index (χ0) is 28.8. The number of nitrogens with zero attached hydrogens (tertiary/aromatic N) is 2. The number of aliphatic hydroxyl groups is 1. The Balaban J connectivity index is 0.000000976. The highest BCUT2D eigenvalue weighted by molar-refractivity contribution is 7.92. The molecule has 0 aliphatic heterocycles. The first-order valence-electron chi connectivity index (χ1n) is 11.6. The Morgan fingerprint density at radius 2 is 1.64 bits per heavy atom. The van der Waals surface area contributed by atoms with E-state index in [9.17, 15) is 13.5 Å². The van der Waals surface area contributed by atoms with E-state index in [-0.39, 0.29) is 18.0 Å². The van der Waals surface area contributed by atoms with Crippen LogP contribution in [-0.2, 0) is 25.8 Å². The smallest absolute Gasteiger partial charge is 0.497 e. The number of benzene rings is 3. The summed E-state index contributed by atoms with van der Waals surface area (Å²) in [6.07, 6.45) is 4.07. The number of hydrogen-bond acceptors (Lipinski definition) is 8. The number of halogens is 1. The number of sulfonamides is 1. The predicted octanol–water partition coefficient (Wildman–Crippen LogP) is 4.81. The second kappa shape index (κ2) is 16.3. The fourth-order valence-electron chi connectivity index (χ4n) is 3.52. The second-order valence-electron chi connectivity index (χ2n) is 8.08. The molecule has 0 radical (unpaired) electrons. The minimum atomic E-state index is -3.88. The van der Waals surface area contributed by atoms with E-state index in [1.54, 1.807) is 24.3 Å². The van der Waals surface area contributed by atoms with Crippen molar-refractivity contribution < 1.29 is 37.7 Å². The molecule has 0 saturated carbocycles. The van der Waals surface area contributed by atoms with Crippen LogP contribution in [0.15, 0.2) is 83.8 Å². The van der Waals surface area contributed by atoms with Crippen molar-refractivity contribution in [2.45, 2.75) is 11.4 Å². The van der Waals surface area contributed by atoms with Gasteiger partial charge in [0.1, 0.15) is 5.75 Å². The number of likely N-dealkylation sites (N-methyl/N-ethyl adjacent to an activating group) is 1. The first-order valence-corrected chi connectivity index (χ1v) is 14.5. The lowest BCUT2D eigenvalue weighted by Crippen LogP contribution is -2.35. The molecule has 10 nitrogen and oxygen atoms in total. The Hall–Kier alpha value is -2.86. The Bertz CT molecular complexity index is 1320. The summed E-state index contributed by atoms with van der Waals surface area (Å²) in [7, 11) is -3.18. The van der Waals surface area contributed by atoms with Crippen molar-refractivity contribution in [3.63, 3.8) is 0 Å². The second-order valence-corrected chi connectivity index (χ2v) is 11.0. The zero-order valence-corrected chi connectivity index (χ0v) is 23.9. The fourth-order valence-corrected chi connectivity index (χ4v) is 5.14. The third-order valence-corrected chi connectivity index (χ3v) is 7.54. The van der Waals surface area contributed by atoms with Gasteiger partial charge in [-0.2, -0.15) is 0 Å². The topological polar surface area (TPSA) is 137 Å². The summed E-state index contributed by atoms with van der Waals surface area (Å²) < 4.78 is 45.2. The van der Waals surface area contributed by atoms with Crippen LogP contribution in [0.5, 0.6) is 5.75 Å². The van der Waals surface area contributed by atoms with E-state index in [0.717, 1.165) is 11.1 Å². The van der Waals surface area contributed by atoms with Crippen LogP contribution >= 0.6 is 19.9 Å². The van der Waals surface area contributed by atoms with E-state index in [1.165, 1.54) is 23.5 Å². The van der Waals surface area contributed by atoms with Crippen LogP contribution in [0.25, 0.3) is 6.08 Å². The van der Waals surface area contributed by atoms with Crippen molar-refractivity contribution in [1.82, 2.24) is 4.90 Å². The van der Waals surface area contributed by atoms with E-state index >= 15 is 0 Å². The third-order valence-electron chi connectivity index (χ3n) is 5.32. The van der Waals surface area contributed by atoms with Gasteiger partial charge in [-0.3, -0.25) is 9.21 Å². The van der Waals surface area contributed by atoms with Crippen LogP contribution in [0, 0.1) is 0 Å². The van der Waals surface area contributed by atoms with Gasteiger partial charge in [-0.25, -0.2) is 13.7 Å². The summed E-state index contributed by atoms with van der Waals surface area (Å²) in [5, 5.41) is 17.5. The summed E-state index contributed by atoms with van der Waals surface area (Å²) in [5.41, 5.74) is 2.44. The molecular weight excluding hydrogens is 567 g/mol. The summed E-state index contributed by atoms with van der Waals surface area (Å²) in [6.45, 7) is 0.846. The molecular formula is C26H31ClN2O8PS+. The number of aliphatic hydroxyl groups excluding tert-OH is 1. The van der Waals surface area contributed by atoms with Gasteiger partial charge in [0.15, 0.2) is 0 Å². The maximum absolute atomic E-state index is 13.5. The minimum absolute atomic E-state index is 0.0500. The van der Waals surface area contributed by atoms with E-state index in [0.29, 0.717) is 29.5 Å². The van der Waals surface area contributed by atoms with Gasteiger partial charge in [-0.05, 0) is 60.6 Å². The lowest BCUT2D eigenvalue weighted by molar-refractivity contribution is -0.138. The summed E-state index contributed by atoms with van der Waals surface area (Å²) in [4.78, 5) is 9.62. The fraction of sp³-hybridized carbons (Fsp3) is 0.231. The molecule has 3 rings (SSSR count). The molecule has 210 valence electrons. The van der Waals surface area contributed by atoms with E-state index in [4.69, 9.17) is 31.1 Å². The Kier molecular flexibility index (Phi) is 13.5. The van der Waals surface area contributed by atoms with Gasteiger partial charge in [0.25, 0.3) is 10.0 Å². The van der Waals surface area contributed by atoms with Gasteiger partial charge in [0.2, 0.25) is 0 Å². The van der Waals surface area contributed by atoms with Crippen molar-refractivity contribution in [1.29, 1.82) is 0 Å². The average Bonchev–Trinajstić information content (AvgIpc) is 2.93. The molecule has 3 aromatic carbocycles. The standard InChI is InChI=1S/C26H29ClN2O4S.HO4P/c1-28(17-5-6-21-9-11-23(27)12-10-21)20-22-7-3-4-8-26(22)29(18-19-30)34(31,32)25-15-13-24(33-2)14-16-25;1-4-5(2)3/h3-16,30H,17-20H2,1-2H3;(H-,1,2,3)/p+1/b6-5+;. The maximum Gasteiger partial charge on any atom is 0.725 e. The molecule has 0 fully saturated rings. The molecule has 0 aliphatic carbocycles. The lowest BCUT2D eigenvalue weighted by Gasteiger charge is -2.27. The maximum atomic E-state index is 13.5. The van der Waals surface area contributed by atoms with Gasteiger partial charge in [0.05, 0.1) is 35.5 Å². The van der Waals surface area contributed by atoms with E-state index in [2.05, 4.69) is 9.57 Å². The van der Waals surface area contributed by atoms with Gasteiger partial charge in [-0.1, -0.05) is 54.1 Å². The molecule has 1 unspecified atom stereocenters. The quantitative estimate of drug-likeness (QED) is 0.153. The van der Waals surface area contributed by atoms with Crippen LogP contribution in [0.1, 0.15) is 11.1 Å². The number of methoxy groups -OCH3 is 1. The molecule has 0 amide bonds. The Morgan fingerprint density at radius 3 is 2.21 bits per heavy atom. The first kappa shape index (κ1) is 32.4. The van der Waals surface area contributed by atoms with Crippen LogP contribution in [0.3, 0.4) is 0 Å². The van der Waals surface area contributed by atoms with Crippen molar-refractivity contribution in [3.8, 4) is 5.75 Å². The highest BCUT2D eigenvalue weighted by Gasteiger charge is 2.26. The highest BCUT2D eigenvalue weighted by atomic mass is 35.5. The molecule has 0 aliphatic rings. The van der Waals surface area contributed by atoms with E-state index < -0.39 is 18.3 Å². The van der Waals surface area contributed by atoms with Crippen molar-refractivity contribution in [2.24, 2.45) is 0 Å². The van der Waals surface area contributed by atoms with Crippen LogP contribution in [0.4, 0.5) is 5.69 Å². The number of para-hydroxylation sites is 1. The van der Waals surface area contributed by atoms with Crippen molar-refractivity contribution in [3.05, 3.63) is 95.0 Å². The molecule has 0 bridgehead atoms. The van der Waals surface area contributed by atoms with Crippen molar-refractivity contribution in [2.75, 3.05) is 38.2 Å². The molecule has 0 spiro atoms. The molecule has 0 aromatic heterocycles. The largest absolute Gasteiger partial charge is 0.725 e. The van der Waals surface area contributed by atoms with Crippen molar-refractivity contribution >= 4 is 41.6 Å². The van der Waals surface area contributed by atoms with Gasteiger partial charge in [0, 0.05) is 22.7 Å². The molecule has 1 atom stereocenters. The molecule has 0 saturated heterocycles. The number of anilines is 1. The van der Waals surface area contributed by atoms with Crippen LogP contribution in [0.2, 0.25) is 5.02 Å². The first-order chi connectivity index (χ1) is 18.6. The summed E-state index contributed by atoms with van der Waals surface area (Å²) in [6, 6.07) is 21.2. The molecule has 3 aromatic rings. The zero-order valence-electron chi connectivity index (χ0n) is 21.4. The number of rotatable bonds is 12. The summed E-state index contributed by atoms with van der Waals surface area (Å²) >= 11 is 5.93. The molecule has 3 N–H and O–H groups in total. The van der Waals surface area contributed by atoms with E-state index in [1.807, 2.05) is 55.6 Å². The number of hydrogen-bond donors (Lipinski definition) is 3. The van der Waals surface area contributed by atoms with Gasteiger partial charge in [-0.15, -0.1) is 4.89 Å². The third kappa shape index (κ3) is 10.3. The highest BCUT2D eigenvalue weighted by Crippen LogP contribution is 2.28. The average molecular weight is 598 g/mol.